The third kappa shape index (κ3) is 5.53. The normalized spacial score (nSPS) is 8.00. The summed E-state index contributed by atoms with van der Waals surface area (Å²) in [6.07, 6.45) is 1.84. The van der Waals surface area contributed by atoms with Crippen molar-refractivity contribution in [2.24, 2.45) is 7.05 Å². The van der Waals surface area contributed by atoms with Crippen LogP contribution in [0.5, 0.6) is 0 Å². The average molecular weight is 236 g/mol. The summed E-state index contributed by atoms with van der Waals surface area (Å²) in [6, 6.07) is 6.29. The Morgan fingerprint density at radius 2 is 1.47 bits per heavy atom. The van der Waals surface area contributed by atoms with Gasteiger partial charge in [0.25, 0.3) is 0 Å². The molecule has 98 valence electrons. The summed E-state index contributed by atoms with van der Waals surface area (Å²) in [5.41, 5.74) is 3.53. The van der Waals surface area contributed by atoms with Crippen molar-refractivity contribution < 1.29 is 0 Å². The van der Waals surface area contributed by atoms with Crippen molar-refractivity contribution in [3.63, 3.8) is 0 Å². The topological polar surface area (TPSA) is 17.8 Å². The van der Waals surface area contributed by atoms with Crippen molar-refractivity contribution >= 4 is 11.0 Å². The first-order chi connectivity index (χ1) is 8.27. The molecule has 0 unspecified atom stereocenters. The molecule has 0 aliphatic rings. The van der Waals surface area contributed by atoms with Gasteiger partial charge in [-0.2, -0.15) is 0 Å². The highest BCUT2D eigenvalue weighted by Crippen LogP contribution is 2.12. The van der Waals surface area contributed by atoms with E-state index in [0.717, 1.165) is 5.52 Å². The Kier molecular flexibility index (Phi) is 11.9. The molecule has 1 heterocycles. The second-order valence-electron chi connectivity index (χ2n) is 2.85. The van der Waals surface area contributed by atoms with Crippen molar-refractivity contribution in [3.05, 3.63) is 30.1 Å². The van der Waals surface area contributed by atoms with Crippen LogP contribution in [0.2, 0.25) is 0 Å². The largest absolute Gasteiger partial charge is 0.334 e. The van der Waals surface area contributed by atoms with Gasteiger partial charge in [-0.1, -0.05) is 47.6 Å². The van der Waals surface area contributed by atoms with Crippen molar-refractivity contribution in [1.29, 1.82) is 0 Å². The van der Waals surface area contributed by atoms with E-state index in [9.17, 15) is 0 Å². The van der Waals surface area contributed by atoms with E-state index in [1.165, 1.54) is 11.1 Å². The molecule has 0 aliphatic heterocycles. The average Bonchev–Trinajstić information content (AvgIpc) is 2.78. The molecule has 0 amide bonds. The predicted molar refractivity (Wildman–Crippen MR) is 79.5 cm³/mol. The number of aromatic nitrogens is 2. The lowest BCUT2D eigenvalue weighted by atomic mass is 10.2. The summed E-state index contributed by atoms with van der Waals surface area (Å²) in [6.45, 7) is 14.1. The fourth-order valence-electron chi connectivity index (χ4n) is 1.25. The van der Waals surface area contributed by atoms with Crippen LogP contribution in [0.3, 0.4) is 0 Å². The Balaban J connectivity index is 0. The summed E-state index contributed by atoms with van der Waals surface area (Å²) in [5, 5.41) is 0. The van der Waals surface area contributed by atoms with Crippen LogP contribution >= 0.6 is 0 Å². The molecule has 17 heavy (non-hydrogen) atoms. The van der Waals surface area contributed by atoms with Crippen LogP contribution in [0, 0.1) is 6.92 Å². The van der Waals surface area contributed by atoms with E-state index in [4.69, 9.17) is 0 Å². The molecule has 2 heteroatoms. The maximum atomic E-state index is 4.24. The van der Waals surface area contributed by atoms with E-state index in [0.29, 0.717) is 0 Å². The van der Waals surface area contributed by atoms with E-state index in [2.05, 4.69) is 30.1 Å². The van der Waals surface area contributed by atoms with E-state index in [-0.39, 0.29) is 0 Å². The van der Waals surface area contributed by atoms with Gasteiger partial charge in [0, 0.05) is 7.05 Å². The van der Waals surface area contributed by atoms with Crippen LogP contribution in [-0.4, -0.2) is 9.55 Å². The molecule has 0 bridgehead atoms. The van der Waals surface area contributed by atoms with Gasteiger partial charge >= 0.3 is 0 Å². The zero-order valence-electron chi connectivity index (χ0n) is 12.7. The smallest absolute Gasteiger partial charge is 0.0955 e. The summed E-state index contributed by atoms with van der Waals surface area (Å²) >= 11 is 0. The monoisotopic (exact) mass is 236 g/mol. The second-order valence-corrected chi connectivity index (χ2v) is 2.85. The van der Waals surface area contributed by atoms with Gasteiger partial charge in [0.05, 0.1) is 17.4 Å². The third-order valence-corrected chi connectivity index (χ3v) is 1.88. The highest BCUT2D eigenvalue weighted by molar-refractivity contribution is 5.75. The fourth-order valence-corrected chi connectivity index (χ4v) is 1.25. The molecule has 0 saturated heterocycles. The standard InChI is InChI=1S/C9H10N2.3C2H6/c1-7-3-4-9-8(5-7)10-6-11(9)2;3*1-2/h3-6H,1-2H3;3*1-2H3. The second kappa shape index (κ2) is 11.2. The minimum atomic E-state index is 1.08. The Morgan fingerprint density at radius 1 is 0.941 bits per heavy atom. The Morgan fingerprint density at radius 3 is 2.00 bits per heavy atom. The molecule has 0 N–H and O–H groups in total. The van der Waals surface area contributed by atoms with Gasteiger partial charge in [-0.25, -0.2) is 4.98 Å². The van der Waals surface area contributed by atoms with Gasteiger partial charge < -0.3 is 4.57 Å². The van der Waals surface area contributed by atoms with Crippen molar-refractivity contribution in [1.82, 2.24) is 9.55 Å². The maximum absolute atomic E-state index is 4.24. The Labute approximate surface area is 107 Å². The van der Waals surface area contributed by atoms with Crippen LogP contribution in [0.4, 0.5) is 0 Å². The number of benzene rings is 1. The minimum Gasteiger partial charge on any atom is -0.334 e. The van der Waals surface area contributed by atoms with Crippen molar-refractivity contribution in [2.45, 2.75) is 48.5 Å². The summed E-state index contributed by atoms with van der Waals surface area (Å²) in [4.78, 5) is 4.24. The van der Waals surface area contributed by atoms with Crippen LogP contribution in [-0.2, 0) is 7.05 Å². The molecule has 2 nitrogen and oxygen atoms in total. The van der Waals surface area contributed by atoms with E-state index >= 15 is 0 Å². The van der Waals surface area contributed by atoms with Gasteiger partial charge in [-0.15, -0.1) is 0 Å². The molecule has 2 aromatic rings. The molecular weight excluding hydrogens is 208 g/mol. The number of nitrogens with zero attached hydrogens (tertiary/aromatic N) is 2. The molecule has 0 aliphatic carbocycles. The number of hydrogen-bond acceptors (Lipinski definition) is 1. The van der Waals surface area contributed by atoms with Crippen LogP contribution in [0.25, 0.3) is 11.0 Å². The molecule has 0 radical (unpaired) electrons. The summed E-state index contributed by atoms with van der Waals surface area (Å²) in [7, 11) is 2.00. The predicted octanol–water partition coefficient (Wildman–Crippen LogP) is 4.96. The number of rotatable bonds is 0. The van der Waals surface area contributed by atoms with Gasteiger partial charge in [-0.05, 0) is 24.6 Å². The number of imidazole rings is 1. The SMILES string of the molecule is CC.CC.CC.Cc1ccc2c(c1)ncn2C. The highest BCUT2D eigenvalue weighted by atomic mass is 15.0. The van der Waals surface area contributed by atoms with Crippen LogP contribution in [0.1, 0.15) is 47.1 Å². The first kappa shape index (κ1) is 18.1. The number of fused-ring (bicyclic) bond motifs is 1. The molecular formula is C15H28N2. The quantitative estimate of drug-likeness (QED) is 0.632. The lowest BCUT2D eigenvalue weighted by Crippen LogP contribution is -1.82. The fraction of sp³-hybridized carbons (Fsp3) is 0.533. The van der Waals surface area contributed by atoms with Crippen LogP contribution in [0.15, 0.2) is 24.5 Å². The Hall–Kier alpha value is -1.31. The van der Waals surface area contributed by atoms with E-state index in [1.807, 2.05) is 59.5 Å². The zero-order chi connectivity index (χ0) is 13.8. The number of aryl methyl sites for hydroxylation is 2. The molecule has 0 saturated carbocycles. The molecule has 1 aromatic heterocycles. The van der Waals surface area contributed by atoms with Crippen LogP contribution < -0.4 is 0 Å². The lowest BCUT2D eigenvalue weighted by molar-refractivity contribution is 0.947. The molecule has 2 rings (SSSR count). The maximum Gasteiger partial charge on any atom is 0.0955 e. The molecule has 1 aromatic carbocycles. The zero-order valence-corrected chi connectivity index (χ0v) is 12.7. The van der Waals surface area contributed by atoms with Crippen molar-refractivity contribution in [2.75, 3.05) is 0 Å². The molecule has 0 fully saturated rings. The third-order valence-electron chi connectivity index (χ3n) is 1.88. The first-order valence-electron chi connectivity index (χ1n) is 6.65. The highest BCUT2D eigenvalue weighted by Gasteiger charge is 1.96. The minimum absolute atomic E-state index is 1.08. The summed E-state index contributed by atoms with van der Waals surface area (Å²) < 4.78 is 2.02. The van der Waals surface area contributed by atoms with Gasteiger partial charge in [0.2, 0.25) is 0 Å². The van der Waals surface area contributed by atoms with Gasteiger partial charge in [0.1, 0.15) is 0 Å². The van der Waals surface area contributed by atoms with Gasteiger partial charge in [-0.3, -0.25) is 0 Å². The molecule has 0 spiro atoms. The van der Waals surface area contributed by atoms with E-state index < -0.39 is 0 Å². The molecule has 0 atom stereocenters. The first-order valence-corrected chi connectivity index (χ1v) is 6.65. The van der Waals surface area contributed by atoms with Crippen molar-refractivity contribution in [3.8, 4) is 0 Å². The summed E-state index contributed by atoms with van der Waals surface area (Å²) in [5.74, 6) is 0. The number of hydrogen-bond donors (Lipinski definition) is 0. The van der Waals surface area contributed by atoms with E-state index in [1.54, 1.807) is 0 Å². The lowest BCUT2D eigenvalue weighted by Gasteiger charge is -1.93. The Bertz CT molecular complexity index is 389. The van der Waals surface area contributed by atoms with Gasteiger partial charge in [0.15, 0.2) is 0 Å².